The van der Waals surface area contributed by atoms with Gasteiger partial charge in [-0.15, -0.1) is 0 Å². The zero-order valence-corrected chi connectivity index (χ0v) is 8.49. The molecule has 84 valence electrons. The van der Waals surface area contributed by atoms with E-state index in [0.29, 0.717) is 5.56 Å². The fourth-order valence-corrected chi connectivity index (χ4v) is 1.41. The molecule has 0 bridgehead atoms. The number of hydrogen-bond acceptors (Lipinski definition) is 5. The topological polar surface area (TPSA) is 107 Å². The summed E-state index contributed by atoms with van der Waals surface area (Å²) in [7, 11) is 0. The molecule has 2 N–H and O–H groups in total. The van der Waals surface area contributed by atoms with Gasteiger partial charge >= 0.3 is 0 Å². The number of para-hydroxylation sites is 1. The van der Waals surface area contributed by atoms with E-state index in [4.69, 9.17) is 10.4 Å². The first-order valence-corrected chi connectivity index (χ1v) is 4.48. The van der Waals surface area contributed by atoms with Crippen molar-refractivity contribution in [3.63, 3.8) is 0 Å². The molecular weight excluding hydrogens is 212 g/mol. The summed E-state index contributed by atoms with van der Waals surface area (Å²) in [6, 6.07) is 5.79. The van der Waals surface area contributed by atoms with Gasteiger partial charge in [-0.25, -0.2) is 0 Å². The van der Waals surface area contributed by atoms with E-state index in [1.54, 1.807) is 0 Å². The van der Waals surface area contributed by atoms with Crippen LogP contribution < -0.4 is 0 Å². The minimum Gasteiger partial charge on any atom is -0.384 e. The zero-order chi connectivity index (χ0) is 12.3. The van der Waals surface area contributed by atoms with Crippen LogP contribution in [-0.2, 0) is 0 Å². The van der Waals surface area contributed by atoms with Gasteiger partial charge in [0.15, 0.2) is 6.10 Å². The maximum Gasteiger partial charge on any atom is 0.278 e. The quantitative estimate of drug-likeness (QED) is 0.447. The van der Waals surface area contributed by atoms with Crippen LogP contribution >= 0.6 is 0 Å². The van der Waals surface area contributed by atoms with Crippen LogP contribution in [0.1, 0.15) is 17.2 Å². The van der Waals surface area contributed by atoms with Crippen molar-refractivity contribution in [3.8, 4) is 6.07 Å². The van der Waals surface area contributed by atoms with Crippen molar-refractivity contribution in [3.05, 3.63) is 39.4 Å². The lowest BCUT2D eigenvalue weighted by atomic mass is 10.0. The highest BCUT2D eigenvalue weighted by Gasteiger charge is 2.27. The second kappa shape index (κ2) is 4.70. The summed E-state index contributed by atoms with van der Waals surface area (Å²) in [5.41, 5.74) is 0.0371. The zero-order valence-electron chi connectivity index (χ0n) is 8.49. The minimum atomic E-state index is -1.68. The summed E-state index contributed by atoms with van der Waals surface area (Å²) in [6.45, 7) is 1.52. The molecule has 0 aromatic heterocycles. The Labute approximate surface area is 91.5 Å². The Bertz CT molecular complexity index is 453. The third-order valence-corrected chi connectivity index (χ3v) is 2.20. The van der Waals surface area contributed by atoms with Crippen LogP contribution in [0.5, 0.6) is 0 Å². The van der Waals surface area contributed by atoms with Gasteiger partial charge in [0, 0.05) is 5.56 Å². The molecule has 2 unspecified atom stereocenters. The molecule has 0 saturated carbocycles. The number of nitrogens with zero attached hydrogens (tertiary/aromatic N) is 2. The standard InChI is InChI=1S/C10H10N2O4/c1-6-3-2-4-7(9(6)12(15)16)10(14)8(13)5-11/h2-4,8,10,13-14H,1H3. The molecule has 0 spiro atoms. The molecule has 0 amide bonds. The van der Waals surface area contributed by atoms with Crippen LogP contribution in [0.25, 0.3) is 0 Å². The number of benzene rings is 1. The largest absolute Gasteiger partial charge is 0.384 e. The van der Waals surface area contributed by atoms with Crippen molar-refractivity contribution in [2.45, 2.75) is 19.1 Å². The van der Waals surface area contributed by atoms with Gasteiger partial charge in [0.05, 0.1) is 16.6 Å². The number of rotatable bonds is 3. The summed E-state index contributed by atoms with van der Waals surface area (Å²) in [6.07, 6.45) is -3.26. The Morgan fingerprint density at radius 2 is 2.12 bits per heavy atom. The summed E-state index contributed by atoms with van der Waals surface area (Å²) in [4.78, 5) is 10.1. The van der Waals surface area contributed by atoms with Gasteiger partial charge in [-0.05, 0) is 13.0 Å². The Morgan fingerprint density at radius 3 is 2.62 bits per heavy atom. The van der Waals surface area contributed by atoms with E-state index in [1.807, 2.05) is 0 Å². The Hall–Kier alpha value is -1.97. The maximum atomic E-state index is 10.8. The molecule has 1 aromatic carbocycles. The number of nitriles is 1. The lowest BCUT2D eigenvalue weighted by Gasteiger charge is -2.12. The van der Waals surface area contributed by atoms with Gasteiger partial charge in [-0.3, -0.25) is 10.1 Å². The average Bonchev–Trinajstić information content (AvgIpc) is 2.26. The first-order chi connectivity index (χ1) is 7.49. The van der Waals surface area contributed by atoms with E-state index in [9.17, 15) is 15.2 Å². The molecule has 16 heavy (non-hydrogen) atoms. The molecular formula is C10H10N2O4. The van der Waals surface area contributed by atoms with Crippen molar-refractivity contribution in [1.29, 1.82) is 5.26 Å². The van der Waals surface area contributed by atoms with Gasteiger partial charge in [0.25, 0.3) is 5.69 Å². The van der Waals surface area contributed by atoms with Crippen molar-refractivity contribution < 1.29 is 15.1 Å². The Balaban J connectivity index is 3.29. The maximum absolute atomic E-state index is 10.8. The van der Waals surface area contributed by atoms with E-state index in [0.717, 1.165) is 0 Å². The van der Waals surface area contributed by atoms with Crippen LogP contribution in [0.4, 0.5) is 5.69 Å². The molecule has 1 rings (SSSR count). The first kappa shape index (κ1) is 12.1. The van der Waals surface area contributed by atoms with Crippen LogP contribution in [0.15, 0.2) is 18.2 Å². The summed E-state index contributed by atoms with van der Waals surface area (Å²) in [5.74, 6) is 0. The van der Waals surface area contributed by atoms with E-state index in [-0.39, 0.29) is 11.3 Å². The minimum absolute atomic E-state index is 0.0564. The smallest absolute Gasteiger partial charge is 0.278 e. The molecule has 0 aliphatic carbocycles. The summed E-state index contributed by atoms with van der Waals surface area (Å²) < 4.78 is 0. The lowest BCUT2D eigenvalue weighted by Crippen LogP contribution is -2.17. The number of hydrogen-bond donors (Lipinski definition) is 2. The van der Waals surface area contributed by atoms with Crippen molar-refractivity contribution >= 4 is 5.69 Å². The predicted molar refractivity (Wildman–Crippen MR) is 54.4 cm³/mol. The monoisotopic (exact) mass is 222 g/mol. The van der Waals surface area contributed by atoms with Gasteiger partial charge < -0.3 is 10.2 Å². The SMILES string of the molecule is Cc1cccc(C(O)C(O)C#N)c1[N+](=O)[O-]. The third-order valence-electron chi connectivity index (χ3n) is 2.20. The van der Waals surface area contributed by atoms with E-state index >= 15 is 0 Å². The van der Waals surface area contributed by atoms with E-state index in [2.05, 4.69) is 0 Å². The molecule has 0 heterocycles. The van der Waals surface area contributed by atoms with Gasteiger partial charge in [-0.2, -0.15) is 5.26 Å². The first-order valence-electron chi connectivity index (χ1n) is 4.48. The summed E-state index contributed by atoms with van der Waals surface area (Å²) in [5, 5.41) is 37.9. The number of aliphatic hydroxyl groups excluding tert-OH is 2. The van der Waals surface area contributed by atoms with Crippen molar-refractivity contribution in [2.24, 2.45) is 0 Å². The lowest BCUT2D eigenvalue weighted by molar-refractivity contribution is -0.386. The van der Waals surface area contributed by atoms with Crippen molar-refractivity contribution in [1.82, 2.24) is 0 Å². The van der Waals surface area contributed by atoms with Gasteiger partial charge in [0.2, 0.25) is 0 Å². The van der Waals surface area contributed by atoms with Gasteiger partial charge in [-0.1, -0.05) is 12.1 Å². The predicted octanol–water partition coefficient (Wildman–Crippen LogP) is 0.821. The highest BCUT2D eigenvalue weighted by Crippen LogP contribution is 2.29. The fraction of sp³-hybridized carbons (Fsp3) is 0.300. The molecule has 0 aliphatic rings. The molecule has 1 aromatic rings. The number of nitro benzene ring substituents is 1. The van der Waals surface area contributed by atoms with E-state index in [1.165, 1.54) is 31.2 Å². The van der Waals surface area contributed by atoms with Crippen LogP contribution in [0.2, 0.25) is 0 Å². The second-order valence-corrected chi connectivity index (χ2v) is 3.29. The second-order valence-electron chi connectivity index (χ2n) is 3.29. The summed E-state index contributed by atoms with van der Waals surface area (Å²) >= 11 is 0. The molecule has 0 aliphatic heterocycles. The molecule has 0 saturated heterocycles. The molecule has 2 atom stereocenters. The third kappa shape index (κ3) is 2.16. The highest BCUT2D eigenvalue weighted by atomic mass is 16.6. The Kier molecular flexibility index (Phi) is 3.55. The van der Waals surface area contributed by atoms with Crippen LogP contribution in [-0.4, -0.2) is 21.2 Å². The van der Waals surface area contributed by atoms with Crippen molar-refractivity contribution in [2.75, 3.05) is 0 Å². The number of aryl methyl sites for hydroxylation is 1. The number of nitro groups is 1. The van der Waals surface area contributed by atoms with Gasteiger partial charge in [0.1, 0.15) is 6.10 Å². The molecule has 0 fully saturated rings. The normalized spacial score (nSPS) is 13.9. The Morgan fingerprint density at radius 1 is 1.50 bits per heavy atom. The molecule has 0 radical (unpaired) electrons. The molecule has 6 nitrogen and oxygen atoms in total. The van der Waals surface area contributed by atoms with E-state index < -0.39 is 17.1 Å². The highest BCUT2D eigenvalue weighted by molar-refractivity contribution is 5.48. The van der Waals surface area contributed by atoms with Crippen LogP contribution in [0, 0.1) is 28.4 Å². The molecule has 6 heteroatoms. The number of aliphatic hydroxyl groups is 2. The van der Waals surface area contributed by atoms with Crippen LogP contribution in [0.3, 0.4) is 0 Å². The average molecular weight is 222 g/mol. The fourth-order valence-electron chi connectivity index (χ4n) is 1.41.